The van der Waals surface area contributed by atoms with Crippen molar-refractivity contribution in [3.05, 3.63) is 39.4 Å². The van der Waals surface area contributed by atoms with Crippen LogP contribution in [0.3, 0.4) is 0 Å². The molecule has 0 bridgehead atoms. The molecule has 0 aliphatic rings. The number of hydrogen-bond acceptors (Lipinski definition) is 5. The second-order valence-electron chi connectivity index (χ2n) is 4.89. The van der Waals surface area contributed by atoms with E-state index in [0.717, 1.165) is 4.90 Å². The monoisotopic (exact) mass is 411 g/mol. The van der Waals surface area contributed by atoms with E-state index in [2.05, 4.69) is 4.74 Å². The van der Waals surface area contributed by atoms with Gasteiger partial charge in [0.25, 0.3) is 5.69 Å². The van der Waals surface area contributed by atoms with Gasteiger partial charge in [0.2, 0.25) is 0 Å². The third-order valence-electron chi connectivity index (χ3n) is 3.15. The zero-order valence-electron chi connectivity index (χ0n) is 15.2. The van der Waals surface area contributed by atoms with E-state index in [1.807, 2.05) is 13.8 Å². The summed E-state index contributed by atoms with van der Waals surface area (Å²) < 4.78 is 68.7. The second kappa shape index (κ2) is 10.4. The fourth-order valence-electron chi connectivity index (χ4n) is 1.92. The normalized spacial score (nSPS) is 11.0. The summed E-state index contributed by atoms with van der Waals surface area (Å²) in [7, 11) is 0. The van der Waals surface area contributed by atoms with Crippen molar-refractivity contribution in [3.8, 4) is 6.07 Å². The summed E-state index contributed by atoms with van der Waals surface area (Å²) in [4.78, 5) is 22.3. The summed E-state index contributed by atoms with van der Waals surface area (Å²) in [6.45, 7) is 4.30. The number of nitro benzene ring substituents is 1. The van der Waals surface area contributed by atoms with Gasteiger partial charge in [-0.3, -0.25) is 15.0 Å². The highest BCUT2D eigenvalue weighted by Crippen LogP contribution is 2.44. The van der Waals surface area contributed by atoms with Crippen LogP contribution < -0.4 is 0 Å². The zero-order valence-corrected chi connectivity index (χ0v) is 15.2. The molecule has 0 fully saturated rings. The lowest BCUT2D eigenvalue weighted by atomic mass is 10.0. The molecule has 0 aliphatic heterocycles. The zero-order chi connectivity index (χ0) is 22.1. The van der Waals surface area contributed by atoms with Crippen LogP contribution in [0.15, 0.2) is 18.2 Å². The Labute approximate surface area is 157 Å². The molecule has 0 spiro atoms. The van der Waals surface area contributed by atoms with Gasteiger partial charge in [-0.15, -0.1) is 0 Å². The minimum atomic E-state index is -5.93. The molecule has 0 heterocycles. The highest BCUT2D eigenvalue weighted by atomic mass is 19.4. The highest BCUT2D eigenvalue weighted by molar-refractivity contribution is 5.68. The molecule has 1 aromatic carbocycles. The molecule has 156 valence electrons. The molecule has 1 amide bonds. The molecule has 7 nitrogen and oxygen atoms in total. The maximum Gasteiger partial charge on any atom is 0.458 e. The van der Waals surface area contributed by atoms with Crippen molar-refractivity contribution in [3.63, 3.8) is 0 Å². The average molecular weight is 411 g/mol. The van der Waals surface area contributed by atoms with Crippen molar-refractivity contribution in [1.82, 2.24) is 4.90 Å². The summed E-state index contributed by atoms with van der Waals surface area (Å²) in [6, 6.07) is 2.77. The van der Waals surface area contributed by atoms with E-state index in [1.54, 1.807) is 6.07 Å². The second-order valence-corrected chi connectivity index (χ2v) is 4.89. The number of carbonyl (C=O) groups is 1. The Balaban J connectivity index is 0.00000352. The molecule has 1 rings (SSSR count). The van der Waals surface area contributed by atoms with E-state index in [1.165, 1.54) is 6.92 Å². The van der Waals surface area contributed by atoms with Crippen LogP contribution in [0.1, 0.15) is 31.9 Å². The van der Waals surface area contributed by atoms with Crippen molar-refractivity contribution < 1.29 is 36.4 Å². The fourth-order valence-corrected chi connectivity index (χ4v) is 1.92. The van der Waals surface area contributed by atoms with Crippen LogP contribution in [0.25, 0.3) is 0 Å². The first-order valence-electron chi connectivity index (χ1n) is 7.96. The Bertz CT molecular complexity index is 732. The van der Waals surface area contributed by atoms with Gasteiger partial charge in [-0.1, -0.05) is 19.9 Å². The molecule has 0 saturated heterocycles. The number of halogens is 5. The molecule has 0 N–H and O–H groups in total. The number of ether oxygens (including phenoxy) is 1. The van der Waals surface area contributed by atoms with Crippen LogP contribution in [0.5, 0.6) is 0 Å². The summed E-state index contributed by atoms with van der Waals surface area (Å²) in [5.74, 6) is -5.29. The average Bonchev–Trinajstić information content (AvgIpc) is 2.62. The first-order valence-corrected chi connectivity index (χ1v) is 7.96. The molecule has 12 heteroatoms. The predicted molar refractivity (Wildman–Crippen MR) is 87.4 cm³/mol. The number of nitriles is 1. The Morgan fingerprint density at radius 1 is 1.29 bits per heavy atom. The van der Waals surface area contributed by atoms with Crippen LogP contribution in [0.4, 0.5) is 32.4 Å². The quantitative estimate of drug-likeness (QED) is 0.291. The van der Waals surface area contributed by atoms with E-state index in [9.17, 15) is 36.9 Å². The molecule has 0 aliphatic carbocycles. The lowest BCUT2D eigenvalue weighted by Gasteiger charge is -2.21. The van der Waals surface area contributed by atoms with Gasteiger partial charge in [0.15, 0.2) is 0 Å². The molecule has 0 radical (unpaired) electrons. The lowest BCUT2D eigenvalue weighted by Crippen LogP contribution is -2.34. The number of hydrogen-bond donors (Lipinski definition) is 0. The van der Waals surface area contributed by atoms with Crippen LogP contribution in [0, 0.1) is 21.4 Å². The predicted octanol–water partition coefficient (Wildman–Crippen LogP) is 4.76. The van der Waals surface area contributed by atoms with Crippen molar-refractivity contribution in [2.75, 3.05) is 13.2 Å². The van der Waals surface area contributed by atoms with Gasteiger partial charge in [-0.2, -0.15) is 27.2 Å². The smallest absolute Gasteiger partial charge is 0.450 e. The van der Waals surface area contributed by atoms with Gasteiger partial charge in [0.05, 0.1) is 24.1 Å². The van der Waals surface area contributed by atoms with Crippen LogP contribution in [-0.4, -0.2) is 35.2 Å². The summed E-state index contributed by atoms with van der Waals surface area (Å²) >= 11 is 0. The number of nitrogens with zero attached hydrogens (tertiary/aromatic N) is 3. The fraction of sp³-hybridized carbons (Fsp3) is 0.500. The largest absolute Gasteiger partial charge is 0.458 e. The highest BCUT2D eigenvalue weighted by Gasteiger charge is 2.59. The summed E-state index contributed by atoms with van der Waals surface area (Å²) in [6.07, 6.45) is -6.92. The van der Waals surface area contributed by atoms with Crippen LogP contribution >= 0.6 is 0 Å². The van der Waals surface area contributed by atoms with Gasteiger partial charge >= 0.3 is 18.2 Å². The Hall–Kier alpha value is -2.97. The van der Waals surface area contributed by atoms with Gasteiger partial charge in [-0.25, -0.2) is 4.79 Å². The van der Waals surface area contributed by atoms with Gasteiger partial charge < -0.3 is 4.74 Å². The number of alkyl halides is 5. The molecule has 0 unspecified atom stereocenters. The molecule has 0 atom stereocenters. The van der Waals surface area contributed by atoms with E-state index in [0.29, 0.717) is 12.1 Å². The molecule has 28 heavy (non-hydrogen) atoms. The molecular weight excluding hydrogens is 393 g/mol. The van der Waals surface area contributed by atoms with Crippen molar-refractivity contribution in [2.24, 2.45) is 0 Å². The summed E-state index contributed by atoms with van der Waals surface area (Å²) in [5.41, 5.74) is -2.98. The minimum absolute atomic E-state index is 0.0560. The maximum absolute atomic E-state index is 13.4. The SMILES string of the molecule is CC.CCOC(=O)N(CC#N)Cc1ccc(C(F)(F)C(F)(F)F)cc1[N+](=O)[O-]. The van der Waals surface area contributed by atoms with Gasteiger partial charge in [0.1, 0.15) is 6.54 Å². The standard InChI is InChI=1S/C14H12F5N3O4.C2H6/c1-2-26-12(23)21(6-5-20)8-9-3-4-10(7-11(9)22(24)25)13(15,16)14(17,18)19;1-2/h3-4,7H,2,6,8H2,1H3;1-2H3. The first-order chi connectivity index (χ1) is 13.0. The molecule has 0 saturated carbocycles. The van der Waals surface area contributed by atoms with Gasteiger partial charge in [0, 0.05) is 17.2 Å². The molecular formula is C16H18F5N3O4. The number of benzene rings is 1. The van der Waals surface area contributed by atoms with E-state index in [-0.39, 0.29) is 18.2 Å². The van der Waals surface area contributed by atoms with E-state index < -0.39 is 47.5 Å². The van der Waals surface area contributed by atoms with E-state index >= 15 is 0 Å². The van der Waals surface area contributed by atoms with Crippen molar-refractivity contribution in [1.29, 1.82) is 5.26 Å². The lowest BCUT2D eigenvalue weighted by molar-refractivity contribution is -0.386. The topological polar surface area (TPSA) is 96.5 Å². The van der Waals surface area contributed by atoms with E-state index in [4.69, 9.17) is 5.26 Å². The molecule has 0 aromatic heterocycles. The Morgan fingerprint density at radius 2 is 1.86 bits per heavy atom. The van der Waals surface area contributed by atoms with Crippen molar-refractivity contribution in [2.45, 2.75) is 39.4 Å². The van der Waals surface area contributed by atoms with Crippen LogP contribution in [0.2, 0.25) is 0 Å². The number of carbonyl (C=O) groups excluding carboxylic acids is 1. The Morgan fingerprint density at radius 3 is 2.29 bits per heavy atom. The number of amides is 1. The number of rotatable bonds is 6. The molecule has 1 aromatic rings. The first kappa shape index (κ1) is 25.0. The minimum Gasteiger partial charge on any atom is -0.450 e. The summed E-state index contributed by atoms with van der Waals surface area (Å²) in [5, 5.41) is 19.8. The van der Waals surface area contributed by atoms with Crippen LogP contribution in [-0.2, 0) is 17.2 Å². The number of nitro groups is 1. The van der Waals surface area contributed by atoms with Gasteiger partial charge in [-0.05, 0) is 13.0 Å². The Kier molecular flexibility index (Phi) is 9.28. The third-order valence-corrected chi connectivity index (χ3v) is 3.15. The van der Waals surface area contributed by atoms with Crippen molar-refractivity contribution >= 4 is 11.8 Å². The third kappa shape index (κ3) is 6.04. The maximum atomic E-state index is 13.4.